The van der Waals surface area contributed by atoms with E-state index >= 15 is 0 Å². The number of hydrogen-bond acceptors (Lipinski definition) is 4. The maximum absolute atomic E-state index is 8.71. The number of oxime groups is 1. The molecule has 0 spiro atoms. The van der Waals surface area contributed by atoms with E-state index in [0.717, 1.165) is 24.5 Å². The lowest BCUT2D eigenvalue weighted by Gasteiger charge is -2.20. The summed E-state index contributed by atoms with van der Waals surface area (Å²) in [6.45, 7) is 7.22. The van der Waals surface area contributed by atoms with Crippen LogP contribution in [0.3, 0.4) is 0 Å². The zero-order chi connectivity index (χ0) is 13.7. The van der Waals surface area contributed by atoms with Crippen molar-refractivity contribution >= 4 is 11.7 Å². The van der Waals surface area contributed by atoms with Gasteiger partial charge in [-0.15, -0.1) is 0 Å². The van der Waals surface area contributed by atoms with Crippen LogP contribution in [-0.4, -0.2) is 29.6 Å². The molecule has 3 N–H and O–H groups in total. The molecule has 0 aliphatic heterocycles. The number of anilines is 1. The summed E-state index contributed by atoms with van der Waals surface area (Å²) in [5, 5.41) is 11.7. The molecule has 0 saturated carbocycles. The topological polar surface area (TPSA) is 74.7 Å². The molecule has 0 fully saturated rings. The second-order valence-corrected chi connectivity index (χ2v) is 4.94. The smallest absolute Gasteiger partial charge is 0.170 e. The average molecular weight is 250 g/mol. The third-order valence-electron chi connectivity index (χ3n) is 2.78. The Balaban J connectivity index is 2.92. The predicted octanol–water partition coefficient (Wildman–Crippen LogP) is 1.97. The second kappa shape index (κ2) is 6.23. The minimum absolute atomic E-state index is 0.110. The van der Waals surface area contributed by atoms with Crippen LogP contribution >= 0.6 is 0 Å². The highest BCUT2D eigenvalue weighted by molar-refractivity contribution is 5.97. The summed E-state index contributed by atoms with van der Waals surface area (Å²) in [4.78, 5) is 6.55. The molecule has 100 valence electrons. The van der Waals surface area contributed by atoms with Gasteiger partial charge in [0.1, 0.15) is 5.82 Å². The highest BCUT2D eigenvalue weighted by atomic mass is 16.4. The number of rotatable bonds is 5. The quantitative estimate of drug-likeness (QED) is 0.362. The van der Waals surface area contributed by atoms with E-state index in [2.05, 4.69) is 28.9 Å². The van der Waals surface area contributed by atoms with E-state index < -0.39 is 0 Å². The van der Waals surface area contributed by atoms with Crippen molar-refractivity contribution in [2.24, 2.45) is 16.8 Å². The molecule has 18 heavy (non-hydrogen) atoms. The van der Waals surface area contributed by atoms with E-state index in [1.807, 2.05) is 20.0 Å². The molecule has 0 amide bonds. The van der Waals surface area contributed by atoms with Crippen LogP contribution in [0.15, 0.2) is 17.3 Å². The fourth-order valence-corrected chi connectivity index (χ4v) is 1.62. The summed E-state index contributed by atoms with van der Waals surface area (Å²) >= 11 is 0. The summed E-state index contributed by atoms with van der Waals surface area (Å²) in [5.41, 5.74) is 7.15. The average Bonchev–Trinajstić information content (AvgIpc) is 2.34. The van der Waals surface area contributed by atoms with Crippen LogP contribution in [0.5, 0.6) is 0 Å². The number of aromatic nitrogens is 1. The minimum Gasteiger partial charge on any atom is -0.409 e. The van der Waals surface area contributed by atoms with Gasteiger partial charge in [0.15, 0.2) is 5.84 Å². The van der Waals surface area contributed by atoms with Crippen molar-refractivity contribution in [3.05, 3.63) is 23.4 Å². The fourth-order valence-electron chi connectivity index (χ4n) is 1.62. The van der Waals surface area contributed by atoms with Crippen LogP contribution in [-0.2, 0) is 0 Å². The summed E-state index contributed by atoms with van der Waals surface area (Å²) in [6.07, 6.45) is 1.10. The Hall–Kier alpha value is -1.78. The highest BCUT2D eigenvalue weighted by Crippen LogP contribution is 2.15. The first-order valence-corrected chi connectivity index (χ1v) is 6.11. The van der Waals surface area contributed by atoms with Gasteiger partial charge in [0.25, 0.3) is 0 Å². The number of amidine groups is 1. The molecule has 5 nitrogen and oxygen atoms in total. The zero-order valence-electron chi connectivity index (χ0n) is 11.5. The van der Waals surface area contributed by atoms with Crippen molar-refractivity contribution in [3.8, 4) is 0 Å². The third-order valence-corrected chi connectivity index (χ3v) is 2.78. The SMILES string of the molecule is Cc1cc(/C(N)=N/O)cc(N(C)CCC(C)C)n1. The van der Waals surface area contributed by atoms with Crippen molar-refractivity contribution in [2.45, 2.75) is 27.2 Å². The molecule has 0 atom stereocenters. The maximum Gasteiger partial charge on any atom is 0.170 e. The van der Waals surface area contributed by atoms with Gasteiger partial charge < -0.3 is 15.8 Å². The van der Waals surface area contributed by atoms with Gasteiger partial charge in [-0.25, -0.2) is 4.98 Å². The summed E-state index contributed by atoms with van der Waals surface area (Å²) in [7, 11) is 2.00. The molecular weight excluding hydrogens is 228 g/mol. The van der Waals surface area contributed by atoms with Gasteiger partial charge in [-0.3, -0.25) is 0 Å². The molecule has 0 radical (unpaired) electrons. The molecule has 1 heterocycles. The first-order valence-electron chi connectivity index (χ1n) is 6.11. The standard InChI is InChI=1S/C13H22N4O/c1-9(2)5-6-17(4)12-8-11(13(14)16-18)7-10(3)15-12/h7-9,18H,5-6H2,1-4H3,(H2,14,16). The molecule has 1 aromatic heterocycles. The molecule has 0 bridgehead atoms. The van der Waals surface area contributed by atoms with E-state index in [9.17, 15) is 0 Å². The molecule has 0 saturated heterocycles. The molecular formula is C13H22N4O. The van der Waals surface area contributed by atoms with Crippen LogP contribution in [0.25, 0.3) is 0 Å². The van der Waals surface area contributed by atoms with Gasteiger partial charge in [-0.1, -0.05) is 19.0 Å². The maximum atomic E-state index is 8.71. The zero-order valence-corrected chi connectivity index (χ0v) is 11.5. The van der Waals surface area contributed by atoms with Crippen molar-refractivity contribution < 1.29 is 5.21 Å². The van der Waals surface area contributed by atoms with Gasteiger partial charge >= 0.3 is 0 Å². The molecule has 0 aliphatic carbocycles. The number of pyridine rings is 1. The van der Waals surface area contributed by atoms with E-state index in [0.29, 0.717) is 11.5 Å². The van der Waals surface area contributed by atoms with E-state index in [4.69, 9.17) is 10.9 Å². The lowest BCUT2D eigenvalue weighted by molar-refractivity contribution is 0.318. The Morgan fingerprint density at radius 3 is 2.72 bits per heavy atom. The van der Waals surface area contributed by atoms with Crippen molar-refractivity contribution in [3.63, 3.8) is 0 Å². The van der Waals surface area contributed by atoms with E-state index in [1.54, 1.807) is 6.07 Å². The summed E-state index contributed by atoms with van der Waals surface area (Å²) < 4.78 is 0. The minimum atomic E-state index is 0.110. The van der Waals surface area contributed by atoms with Crippen LogP contribution in [0.4, 0.5) is 5.82 Å². The molecule has 5 heteroatoms. The van der Waals surface area contributed by atoms with Crippen molar-refractivity contribution in [1.29, 1.82) is 0 Å². The fraction of sp³-hybridized carbons (Fsp3) is 0.538. The number of nitrogens with zero attached hydrogens (tertiary/aromatic N) is 3. The van der Waals surface area contributed by atoms with E-state index in [-0.39, 0.29) is 5.84 Å². The normalized spacial score (nSPS) is 11.9. The van der Waals surface area contributed by atoms with Gasteiger partial charge in [0.05, 0.1) is 0 Å². The van der Waals surface area contributed by atoms with E-state index in [1.165, 1.54) is 0 Å². The number of aryl methyl sites for hydroxylation is 1. The second-order valence-electron chi connectivity index (χ2n) is 4.94. The van der Waals surface area contributed by atoms with Gasteiger partial charge in [-0.05, 0) is 31.4 Å². The molecule has 0 unspecified atom stereocenters. The van der Waals surface area contributed by atoms with Gasteiger partial charge in [0, 0.05) is 24.8 Å². The summed E-state index contributed by atoms with van der Waals surface area (Å²) in [5.74, 6) is 1.61. The summed E-state index contributed by atoms with van der Waals surface area (Å²) in [6, 6.07) is 3.64. The Morgan fingerprint density at radius 2 is 2.17 bits per heavy atom. The van der Waals surface area contributed by atoms with Crippen LogP contribution in [0.2, 0.25) is 0 Å². The molecule has 1 aromatic rings. The highest BCUT2D eigenvalue weighted by Gasteiger charge is 2.08. The first kappa shape index (κ1) is 14.3. The van der Waals surface area contributed by atoms with Crippen molar-refractivity contribution in [1.82, 2.24) is 4.98 Å². The number of nitrogens with two attached hydrogens (primary N) is 1. The first-order chi connectivity index (χ1) is 8.43. The lowest BCUT2D eigenvalue weighted by Crippen LogP contribution is -2.22. The Labute approximate surface area is 108 Å². The Bertz CT molecular complexity index is 429. The monoisotopic (exact) mass is 250 g/mol. The Kier molecular flexibility index (Phi) is 4.95. The molecule has 0 aromatic carbocycles. The van der Waals surface area contributed by atoms with Gasteiger partial charge in [0.2, 0.25) is 0 Å². The van der Waals surface area contributed by atoms with Gasteiger partial charge in [-0.2, -0.15) is 0 Å². The lowest BCUT2D eigenvalue weighted by atomic mass is 10.1. The third kappa shape index (κ3) is 3.91. The van der Waals surface area contributed by atoms with Crippen LogP contribution < -0.4 is 10.6 Å². The predicted molar refractivity (Wildman–Crippen MR) is 74.2 cm³/mol. The largest absolute Gasteiger partial charge is 0.409 e. The number of hydrogen-bond donors (Lipinski definition) is 2. The van der Waals surface area contributed by atoms with Crippen LogP contribution in [0.1, 0.15) is 31.5 Å². The molecule has 1 rings (SSSR count). The Morgan fingerprint density at radius 1 is 1.50 bits per heavy atom. The molecule has 0 aliphatic rings. The van der Waals surface area contributed by atoms with Crippen molar-refractivity contribution in [2.75, 3.05) is 18.5 Å². The van der Waals surface area contributed by atoms with Crippen LogP contribution in [0, 0.1) is 12.8 Å².